The highest BCUT2D eigenvalue weighted by atomic mass is 16.5. The quantitative estimate of drug-likeness (QED) is 0.202. The molecule has 13 heteroatoms. The van der Waals surface area contributed by atoms with Crippen molar-refractivity contribution >= 4 is 29.0 Å². The number of carbonyl (C=O) groups excluding carboxylic acids is 5. The Morgan fingerprint density at radius 1 is 1.17 bits per heavy atom. The van der Waals surface area contributed by atoms with Gasteiger partial charge >= 0.3 is 0 Å². The molecular weight excluding hydrogens is 594 g/mol. The average Bonchev–Trinajstić information content (AvgIpc) is 2.96. The van der Waals surface area contributed by atoms with Gasteiger partial charge in [-0.1, -0.05) is 18.2 Å². The molecule has 2 saturated carbocycles. The number of Topliss-reactive ketones (excluding diaryl/α,β-unsaturated/α-hetero) is 4. The number of amides is 1. The minimum atomic E-state index is -2.83. The van der Waals surface area contributed by atoms with Crippen molar-refractivity contribution in [3.63, 3.8) is 0 Å². The molecule has 46 heavy (non-hydrogen) atoms. The summed E-state index contributed by atoms with van der Waals surface area (Å²) in [5, 5.41) is 32.2. The first-order valence-electron chi connectivity index (χ1n) is 14.5. The molecule has 0 bridgehead atoms. The fraction of sp³-hybridized carbons (Fsp3) is 0.394. The number of likely N-dealkylation sites (N-methyl/N-ethyl adjacent to an activating group) is 1. The van der Waals surface area contributed by atoms with E-state index >= 15 is 0 Å². The van der Waals surface area contributed by atoms with Gasteiger partial charge in [-0.3, -0.25) is 28.9 Å². The van der Waals surface area contributed by atoms with Gasteiger partial charge in [-0.15, -0.1) is 6.58 Å². The molecular formula is C33H35N5O8. The number of hydrogen-bond acceptors (Lipinski definition) is 12. The fourth-order valence-electron chi connectivity index (χ4n) is 7.90. The third-order valence-corrected chi connectivity index (χ3v) is 9.76. The SMILES string of the molecule is C=CCC(O)c1ccc(OC)c(-c2ccc(O)c3c2C[C@@]2(N)C[C@@]4(N)[C@H](N(C)C)C(=O)C(C(N)=O)C(=O)[C@@]4(C#N)C(=O)C2C3=O)c1. The number of nitrogens with zero attached hydrogens (tertiary/aromatic N) is 2. The summed E-state index contributed by atoms with van der Waals surface area (Å²) in [6.45, 7) is 3.66. The summed E-state index contributed by atoms with van der Waals surface area (Å²) in [4.78, 5) is 70.1. The zero-order chi connectivity index (χ0) is 34.1. The summed E-state index contributed by atoms with van der Waals surface area (Å²) >= 11 is 0. The van der Waals surface area contributed by atoms with Crippen LogP contribution in [0.2, 0.25) is 0 Å². The molecule has 13 nitrogen and oxygen atoms in total. The lowest BCUT2D eigenvalue weighted by molar-refractivity contribution is -0.166. The van der Waals surface area contributed by atoms with Gasteiger partial charge in [-0.2, -0.15) is 5.26 Å². The van der Waals surface area contributed by atoms with Crippen molar-refractivity contribution in [3.05, 3.63) is 59.7 Å². The van der Waals surface area contributed by atoms with Crippen LogP contribution in [0.4, 0.5) is 0 Å². The van der Waals surface area contributed by atoms with Crippen molar-refractivity contribution in [1.82, 2.24) is 4.90 Å². The summed E-state index contributed by atoms with van der Waals surface area (Å²) in [6, 6.07) is 7.96. The van der Waals surface area contributed by atoms with E-state index < -0.39 is 81.7 Å². The molecule has 5 rings (SSSR count). The Morgan fingerprint density at radius 3 is 2.41 bits per heavy atom. The van der Waals surface area contributed by atoms with Gasteiger partial charge in [0.25, 0.3) is 0 Å². The first-order chi connectivity index (χ1) is 21.6. The largest absolute Gasteiger partial charge is 0.507 e. The second kappa shape index (κ2) is 11.0. The lowest BCUT2D eigenvalue weighted by Crippen LogP contribution is -2.85. The van der Waals surface area contributed by atoms with Gasteiger partial charge in [0.15, 0.2) is 34.5 Å². The van der Waals surface area contributed by atoms with Crippen LogP contribution in [0.15, 0.2) is 43.0 Å². The minimum absolute atomic E-state index is 0.239. The number of phenolic OH excluding ortho intramolecular Hbond substituents is 1. The Bertz CT molecular complexity index is 1780. The highest BCUT2D eigenvalue weighted by Gasteiger charge is 2.78. The van der Waals surface area contributed by atoms with E-state index in [0.717, 1.165) is 0 Å². The van der Waals surface area contributed by atoms with Crippen LogP contribution in [0.1, 0.15) is 40.4 Å². The van der Waals surface area contributed by atoms with Crippen molar-refractivity contribution in [2.75, 3.05) is 21.2 Å². The number of methoxy groups -OCH3 is 1. The second-order valence-electron chi connectivity index (χ2n) is 12.6. The smallest absolute Gasteiger partial charge is 0.235 e. The Balaban J connectivity index is 1.77. The molecule has 3 aliphatic rings. The van der Waals surface area contributed by atoms with Gasteiger partial charge < -0.3 is 32.2 Å². The van der Waals surface area contributed by atoms with Gasteiger partial charge in [-0.05, 0) is 68.2 Å². The van der Waals surface area contributed by atoms with Gasteiger partial charge in [0.2, 0.25) is 5.91 Å². The predicted molar refractivity (Wildman–Crippen MR) is 163 cm³/mol. The summed E-state index contributed by atoms with van der Waals surface area (Å²) in [5.74, 6) is -10.0. The number of carbonyl (C=O) groups is 5. The van der Waals surface area contributed by atoms with Crippen LogP contribution in [0.3, 0.4) is 0 Å². The number of benzene rings is 2. The van der Waals surface area contributed by atoms with Crippen LogP contribution in [-0.2, 0) is 25.6 Å². The number of rotatable bonds is 7. The maximum absolute atomic E-state index is 14.5. The zero-order valence-electron chi connectivity index (χ0n) is 25.6. The molecule has 0 spiro atoms. The van der Waals surface area contributed by atoms with Crippen molar-refractivity contribution < 1.29 is 38.9 Å². The van der Waals surface area contributed by atoms with Crippen LogP contribution in [0.5, 0.6) is 11.5 Å². The maximum Gasteiger partial charge on any atom is 0.235 e. The van der Waals surface area contributed by atoms with Gasteiger partial charge in [-0.25, -0.2) is 0 Å². The molecule has 240 valence electrons. The molecule has 0 saturated heterocycles. The van der Waals surface area contributed by atoms with Crippen LogP contribution >= 0.6 is 0 Å². The van der Waals surface area contributed by atoms with E-state index in [9.17, 15) is 39.4 Å². The van der Waals surface area contributed by atoms with Crippen LogP contribution in [0.25, 0.3) is 11.1 Å². The van der Waals surface area contributed by atoms with Crippen LogP contribution in [-0.4, -0.2) is 82.5 Å². The topological polar surface area (TPSA) is 240 Å². The molecule has 2 aromatic rings. The van der Waals surface area contributed by atoms with Crippen LogP contribution < -0.4 is 21.9 Å². The molecule has 8 N–H and O–H groups in total. The number of primary amides is 1. The average molecular weight is 630 g/mol. The Morgan fingerprint density at radius 2 is 1.85 bits per heavy atom. The second-order valence-corrected chi connectivity index (χ2v) is 12.6. The summed E-state index contributed by atoms with van der Waals surface area (Å²) < 4.78 is 5.59. The van der Waals surface area contributed by atoms with Crippen molar-refractivity contribution in [1.29, 1.82) is 5.26 Å². The fourth-order valence-corrected chi connectivity index (χ4v) is 7.90. The molecule has 0 aromatic heterocycles. The maximum atomic E-state index is 14.5. The van der Waals surface area contributed by atoms with Crippen molar-refractivity contribution in [3.8, 4) is 28.7 Å². The lowest BCUT2D eigenvalue weighted by atomic mass is 9.42. The van der Waals surface area contributed by atoms with E-state index in [1.165, 1.54) is 32.2 Å². The van der Waals surface area contributed by atoms with Crippen molar-refractivity contribution in [2.45, 2.75) is 42.5 Å². The van der Waals surface area contributed by atoms with E-state index in [1.54, 1.807) is 36.4 Å². The van der Waals surface area contributed by atoms with Gasteiger partial charge in [0.05, 0.1) is 36.4 Å². The minimum Gasteiger partial charge on any atom is -0.507 e. The summed E-state index contributed by atoms with van der Waals surface area (Å²) in [5.41, 5.74) is 13.7. The molecule has 0 aliphatic heterocycles. The van der Waals surface area contributed by atoms with Gasteiger partial charge in [0.1, 0.15) is 17.4 Å². The number of aliphatic hydroxyl groups is 1. The number of aliphatic hydroxyl groups excluding tert-OH is 1. The highest BCUT2D eigenvalue weighted by Crippen LogP contribution is 2.57. The Kier molecular flexibility index (Phi) is 7.78. The summed E-state index contributed by atoms with van der Waals surface area (Å²) in [6.07, 6.45) is 0.131. The lowest BCUT2D eigenvalue weighted by Gasteiger charge is -2.60. The monoisotopic (exact) mass is 629 g/mol. The van der Waals surface area contributed by atoms with E-state index in [2.05, 4.69) is 6.58 Å². The number of nitriles is 1. The first-order valence-corrected chi connectivity index (χ1v) is 14.5. The summed E-state index contributed by atoms with van der Waals surface area (Å²) in [7, 11) is 4.31. The Labute approximate surface area is 264 Å². The number of hydrogen-bond donors (Lipinski definition) is 5. The number of phenols is 1. The molecule has 3 aliphatic carbocycles. The number of ether oxygens (including phenoxy) is 1. The third-order valence-electron chi connectivity index (χ3n) is 9.76. The molecule has 0 radical (unpaired) electrons. The first kappa shape index (κ1) is 32.6. The van der Waals surface area contributed by atoms with Crippen LogP contribution in [0, 0.1) is 28.6 Å². The van der Waals surface area contributed by atoms with E-state index in [-0.39, 0.29) is 24.0 Å². The standard InChI is InChI=1S/C33H35N5O8/c1-5-6-19(39)15-7-10-21(46-4)17(11-15)16-8-9-20(40)22-18(16)12-31(36)13-33(37)27(38(2)3)26(42)23(30(35)45)28(43)32(33,14-34)29(44)24(31)25(22)41/h5,7-11,19,23-24,27,39-40H,1,6,12-13,36-37H2,2-4H3,(H2,35,45)/t19?,23?,24?,27-,31-,32+,33-/m1/s1. The van der Waals surface area contributed by atoms with Gasteiger partial charge in [0, 0.05) is 11.1 Å². The number of aromatic hydroxyl groups is 1. The van der Waals surface area contributed by atoms with E-state index in [1.807, 2.05) is 0 Å². The zero-order valence-corrected chi connectivity index (χ0v) is 25.6. The molecule has 3 unspecified atom stereocenters. The van der Waals surface area contributed by atoms with E-state index in [4.69, 9.17) is 21.9 Å². The predicted octanol–water partition coefficient (Wildman–Crippen LogP) is 0.0936. The molecule has 7 atom stereocenters. The van der Waals surface area contributed by atoms with Crippen molar-refractivity contribution in [2.24, 2.45) is 34.5 Å². The number of ketones is 4. The van der Waals surface area contributed by atoms with E-state index in [0.29, 0.717) is 22.4 Å². The number of nitrogens with two attached hydrogens (primary N) is 3. The molecule has 1 amide bonds. The third kappa shape index (κ3) is 4.18. The number of fused-ring (bicyclic) bond motifs is 3. The molecule has 0 heterocycles. The molecule has 2 fully saturated rings. The highest BCUT2D eigenvalue weighted by molar-refractivity contribution is 6.33. The molecule has 2 aromatic carbocycles. The Hall–Kier alpha value is -4.74. The normalized spacial score (nSPS) is 31.0.